The predicted molar refractivity (Wildman–Crippen MR) is 65.8 cm³/mol. The third kappa shape index (κ3) is 3.41. The van der Waals surface area contributed by atoms with Gasteiger partial charge >= 0.3 is 5.97 Å². The minimum absolute atomic E-state index is 0.280. The van der Waals surface area contributed by atoms with E-state index in [1.54, 1.807) is 0 Å². The standard InChI is InChI=1S/C14H18O3/c1-11(15)14(2,13(16)17)10-6-9-12-7-4-3-5-8-12/h3-5,7-8H,6,9-10H2,1-2H3,(H,16,17). The molecular weight excluding hydrogens is 216 g/mol. The van der Waals surface area contributed by atoms with Crippen molar-refractivity contribution in [1.82, 2.24) is 0 Å². The monoisotopic (exact) mass is 234 g/mol. The van der Waals surface area contributed by atoms with Crippen molar-refractivity contribution < 1.29 is 14.7 Å². The number of Topliss-reactive ketones (excluding diaryl/α,β-unsaturated/α-hetero) is 1. The van der Waals surface area contributed by atoms with Gasteiger partial charge in [-0.2, -0.15) is 0 Å². The average Bonchev–Trinajstić information content (AvgIpc) is 2.29. The van der Waals surface area contributed by atoms with Crippen molar-refractivity contribution >= 4 is 11.8 Å². The number of rotatable bonds is 6. The van der Waals surface area contributed by atoms with Gasteiger partial charge in [0.1, 0.15) is 11.2 Å². The summed E-state index contributed by atoms with van der Waals surface area (Å²) in [4.78, 5) is 22.5. The topological polar surface area (TPSA) is 54.4 Å². The largest absolute Gasteiger partial charge is 0.481 e. The van der Waals surface area contributed by atoms with Crippen LogP contribution >= 0.6 is 0 Å². The number of benzene rings is 1. The lowest BCUT2D eigenvalue weighted by atomic mass is 9.81. The van der Waals surface area contributed by atoms with E-state index in [-0.39, 0.29) is 5.78 Å². The Kier molecular flexibility index (Phi) is 4.44. The number of hydrogen-bond donors (Lipinski definition) is 1. The summed E-state index contributed by atoms with van der Waals surface area (Å²) in [6.45, 7) is 2.85. The highest BCUT2D eigenvalue weighted by molar-refractivity contribution is 6.01. The quantitative estimate of drug-likeness (QED) is 0.770. The van der Waals surface area contributed by atoms with Crippen LogP contribution in [0.3, 0.4) is 0 Å². The van der Waals surface area contributed by atoms with Crippen molar-refractivity contribution in [3.8, 4) is 0 Å². The maximum Gasteiger partial charge on any atom is 0.316 e. The smallest absolute Gasteiger partial charge is 0.316 e. The van der Waals surface area contributed by atoms with Gasteiger partial charge in [0.2, 0.25) is 0 Å². The van der Waals surface area contributed by atoms with Gasteiger partial charge in [-0.1, -0.05) is 30.3 Å². The zero-order chi connectivity index (χ0) is 12.9. The molecule has 0 saturated carbocycles. The van der Waals surface area contributed by atoms with Gasteiger partial charge in [0.15, 0.2) is 0 Å². The average molecular weight is 234 g/mol. The van der Waals surface area contributed by atoms with E-state index in [1.165, 1.54) is 19.4 Å². The minimum atomic E-state index is -1.24. The molecule has 1 N–H and O–H groups in total. The van der Waals surface area contributed by atoms with E-state index in [2.05, 4.69) is 0 Å². The normalized spacial score (nSPS) is 14.0. The minimum Gasteiger partial charge on any atom is -0.481 e. The summed E-state index contributed by atoms with van der Waals surface area (Å²) < 4.78 is 0. The van der Waals surface area contributed by atoms with Gasteiger partial charge in [0.05, 0.1) is 0 Å². The fourth-order valence-electron chi connectivity index (χ4n) is 1.72. The van der Waals surface area contributed by atoms with Crippen LogP contribution in [0.4, 0.5) is 0 Å². The van der Waals surface area contributed by atoms with Crippen LogP contribution in [0.25, 0.3) is 0 Å². The van der Waals surface area contributed by atoms with Crippen molar-refractivity contribution in [3.05, 3.63) is 35.9 Å². The first-order chi connectivity index (χ1) is 7.97. The Balaban J connectivity index is 2.55. The molecule has 0 spiro atoms. The lowest BCUT2D eigenvalue weighted by Gasteiger charge is -2.21. The first-order valence-electron chi connectivity index (χ1n) is 5.75. The lowest BCUT2D eigenvalue weighted by Crippen LogP contribution is -2.34. The van der Waals surface area contributed by atoms with Gasteiger partial charge in [-0.05, 0) is 38.7 Å². The van der Waals surface area contributed by atoms with Gasteiger partial charge in [0, 0.05) is 0 Å². The molecule has 0 bridgehead atoms. The van der Waals surface area contributed by atoms with Crippen molar-refractivity contribution in [2.75, 3.05) is 0 Å². The highest BCUT2D eigenvalue weighted by Gasteiger charge is 2.37. The van der Waals surface area contributed by atoms with Gasteiger partial charge in [-0.25, -0.2) is 0 Å². The fourth-order valence-corrected chi connectivity index (χ4v) is 1.72. The first-order valence-corrected chi connectivity index (χ1v) is 5.75. The number of carbonyl (C=O) groups excluding carboxylic acids is 1. The number of aliphatic carboxylic acids is 1. The van der Waals surface area contributed by atoms with Crippen LogP contribution in [0, 0.1) is 5.41 Å². The molecule has 3 heteroatoms. The second kappa shape index (κ2) is 5.62. The first kappa shape index (κ1) is 13.4. The third-order valence-electron chi connectivity index (χ3n) is 3.23. The Morgan fingerprint density at radius 3 is 2.29 bits per heavy atom. The molecule has 1 atom stereocenters. The van der Waals surface area contributed by atoms with E-state index in [4.69, 9.17) is 5.11 Å². The zero-order valence-electron chi connectivity index (χ0n) is 10.3. The number of aryl methyl sites for hydroxylation is 1. The molecule has 0 heterocycles. The molecule has 0 fully saturated rings. The van der Waals surface area contributed by atoms with Gasteiger partial charge in [-0.3, -0.25) is 9.59 Å². The Morgan fingerprint density at radius 2 is 1.82 bits per heavy atom. The molecular formula is C14H18O3. The summed E-state index contributed by atoms with van der Waals surface area (Å²) in [5.74, 6) is -1.31. The van der Waals surface area contributed by atoms with Crippen LogP contribution in [-0.2, 0) is 16.0 Å². The predicted octanol–water partition coefficient (Wildman–Crippen LogP) is 2.69. The molecule has 0 radical (unpaired) electrons. The van der Waals surface area contributed by atoms with E-state index in [9.17, 15) is 9.59 Å². The van der Waals surface area contributed by atoms with Crippen molar-refractivity contribution in [3.63, 3.8) is 0 Å². The summed E-state index contributed by atoms with van der Waals surface area (Å²) in [7, 11) is 0. The fraction of sp³-hybridized carbons (Fsp3) is 0.429. The molecule has 0 aliphatic carbocycles. The van der Waals surface area contributed by atoms with Gasteiger partial charge < -0.3 is 5.11 Å². The summed E-state index contributed by atoms with van der Waals surface area (Å²) in [6, 6.07) is 9.87. The molecule has 3 nitrogen and oxygen atoms in total. The Hall–Kier alpha value is -1.64. The summed E-state index contributed by atoms with van der Waals surface area (Å²) in [6.07, 6.45) is 1.88. The van der Waals surface area contributed by atoms with Crippen LogP contribution in [0.5, 0.6) is 0 Å². The molecule has 1 unspecified atom stereocenters. The van der Waals surface area contributed by atoms with Gasteiger partial charge in [-0.15, -0.1) is 0 Å². The molecule has 17 heavy (non-hydrogen) atoms. The van der Waals surface area contributed by atoms with E-state index >= 15 is 0 Å². The second-order valence-corrected chi connectivity index (χ2v) is 4.53. The molecule has 0 aliphatic heterocycles. The molecule has 0 saturated heterocycles. The Labute approximate surface area is 101 Å². The maximum absolute atomic E-state index is 11.4. The van der Waals surface area contributed by atoms with Gasteiger partial charge in [0.25, 0.3) is 0 Å². The molecule has 1 aromatic rings. The Morgan fingerprint density at radius 1 is 1.24 bits per heavy atom. The number of carboxylic acids is 1. The summed E-state index contributed by atoms with van der Waals surface area (Å²) in [5, 5.41) is 9.08. The van der Waals surface area contributed by atoms with E-state index < -0.39 is 11.4 Å². The van der Waals surface area contributed by atoms with Crippen LogP contribution in [0.1, 0.15) is 32.3 Å². The lowest BCUT2D eigenvalue weighted by molar-refractivity contribution is -0.153. The van der Waals surface area contributed by atoms with E-state index in [0.29, 0.717) is 12.8 Å². The van der Waals surface area contributed by atoms with Crippen LogP contribution < -0.4 is 0 Å². The highest BCUT2D eigenvalue weighted by Crippen LogP contribution is 2.25. The molecule has 0 aromatic heterocycles. The van der Waals surface area contributed by atoms with Crippen molar-refractivity contribution in [2.45, 2.75) is 33.1 Å². The van der Waals surface area contributed by atoms with Crippen molar-refractivity contribution in [1.29, 1.82) is 0 Å². The highest BCUT2D eigenvalue weighted by atomic mass is 16.4. The zero-order valence-corrected chi connectivity index (χ0v) is 10.3. The SMILES string of the molecule is CC(=O)C(C)(CCCc1ccccc1)C(=O)O. The van der Waals surface area contributed by atoms with E-state index in [0.717, 1.165) is 6.42 Å². The second-order valence-electron chi connectivity index (χ2n) is 4.53. The third-order valence-corrected chi connectivity index (χ3v) is 3.23. The molecule has 1 rings (SSSR count). The molecule has 0 amide bonds. The Bertz CT molecular complexity index is 381. The van der Waals surface area contributed by atoms with Crippen LogP contribution in [0.2, 0.25) is 0 Å². The number of ketones is 1. The van der Waals surface area contributed by atoms with E-state index in [1.807, 2.05) is 30.3 Å². The maximum atomic E-state index is 11.4. The van der Waals surface area contributed by atoms with Crippen molar-refractivity contribution in [2.24, 2.45) is 5.41 Å². The summed E-state index contributed by atoms with van der Waals surface area (Å²) >= 11 is 0. The number of carboxylic acid groups (broad SMARTS) is 1. The van der Waals surface area contributed by atoms with Crippen LogP contribution in [-0.4, -0.2) is 16.9 Å². The van der Waals surface area contributed by atoms with Crippen LogP contribution in [0.15, 0.2) is 30.3 Å². The molecule has 0 aliphatic rings. The summed E-state index contributed by atoms with van der Waals surface area (Å²) in [5.41, 5.74) is -0.0711. The number of carbonyl (C=O) groups is 2. The molecule has 92 valence electrons. The molecule has 1 aromatic carbocycles. The number of hydrogen-bond acceptors (Lipinski definition) is 2.